The van der Waals surface area contributed by atoms with Gasteiger partial charge >= 0.3 is 6.18 Å². The van der Waals surface area contributed by atoms with Crippen LogP contribution in [0.1, 0.15) is 31.2 Å². The maximum Gasteiger partial charge on any atom is 0.417 e. The van der Waals surface area contributed by atoms with E-state index in [1.54, 1.807) is 6.07 Å². The average Bonchev–Trinajstić information content (AvgIpc) is 3.17. The van der Waals surface area contributed by atoms with E-state index in [0.29, 0.717) is 29.7 Å². The van der Waals surface area contributed by atoms with Crippen LogP contribution in [0.15, 0.2) is 64.5 Å². The molecular formula is C21H21F3N2O5S2. The molecule has 0 amide bonds. The largest absolute Gasteiger partial charge is 0.417 e. The molecule has 3 aromatic rings. The van der Waals surface area contributed by atoms with E-state index in [0.717, 1.165) is 24.4 Å². The summed E-state index contributed by atoms with van der Waals surface area (Å²) in [6, 6.07) is 9.35. The van der Waals surface area contributed by atoms with E-state index in [1.807, 2.05) is 0 Å². The molecule has 0 aliphatic heterocycles. The van der Waals surface area contributed by atoms with E-state index in [-0.39, 0.29) is 4.90 Å². The molecule has 4 rings (SSSR count). The van der Waals surface area contributed by atoms with Crippen molar-refractivity contribution >= 4 is 30.9 Å². The number of hydrogen-bond donors (Lipinski definition) is 2. The van der Waals surface area contributed by atoms with Crippen LogP contribution in [0.5, 0.6) is 0 Å². The normalized spacial score (nSPS) is 20.2. The number of nitrogens with one attached hydrogen (secondary N) is 1. The number of nitrogens with zero attached hydrogens (tertiary/aromatic N) is 1. The van der Waals surface area contributed by atoms with Crippen LogP contribution in [-0.4, -0.2) is 38.1 Å². The quantitative estimate of drug-likeness (QED) is 0.556. The lowest BCUT2D eigenvalue weighted by Crippen LogP contribution is -2.38. The minimum absolute atomic E-state index is 0.197. The van der Waals surface area contributed by atoms with Crippen LogP contribution in [0.4, 0.5) is 13.2 Å². The number of aliphatic hydroxyl groups is 1. The Hall–Kier alpha value is -2.41. The maximum absolute atomic E-state index is 13.8. The minimum Gasteiger partial charge on any atom is -0.393 e. The second-order valence-electron chi connectivity index (χ2n) is 7.93. The van der Waals surface area contributed by atoms with Crippen LogP contribution in [-0.2, 0) is 26.2 Å². The van der Waals surface area contributed by atoms with Gasteiger partial charge in [-0.2, -0.15) is 13.2 Å². The molecule has 0 atom stereocenters. The number of alkyl halides is 3. The Bertz CT molecular complexity index is 1380. The first kappa shape index (κ1) is 23.7. The van der Waals surface area contributed by atoms with Gasteiger partial charge in [-0.3, -0.25) is 0 Å². The van der Waals surface area contributed by atoms with Crippen molar-refractivity contribution in [3.63, 3.8) is 0 Å². The van der Waals surface area contributed by atoms with Gasteiger partial charge in [-0.05, 0) is 49.9 Å². The molecule has 1 fully saturated rings. The molecule has 0 unspecified atom stereocenters. The predicted octanol–water partition coefficient (Wildman–Crippen LogP) is 3.48. The number of halogens is 3. The smallest absolute Gasteiger partial charge is 0.393 e. The predicted molar refractivity (Wildman–Crippen MR) is 115 cm³/mol. The van der Waals surface area contributed by atoms with Gasteiger partial charge in [-0.25, -0.2) is 25.5 Å². The summed E-state index contributed by atoms with van der Waals surface area (Å²) in [5, 5.41) is 8.92. The van der Waals surface area contributed by atoms with Crippen LogP contribution >= 0.6 is 0 Å². The Kier molecular flexibility index (Phi) is 6.06. The van der Waals surface area contributed by atoms with E-state index >= 15 is 0 Å². The third-order valence-corrected chi connectivity index (χ3v) is 8.89. The lowest BCUT2D eigenvalue weighted by atomic mass is 9.94. The first-order valence-electron chi connectivity index (χ1n) is 10.1. The van der Waals surface area contributed by atoms with Crippen LogP contribution in [0.25, 0.3) is 10.9 Å². The molecule has 178 valence electrons. The maximum atomic E-state index is 13.8. The van der Waals surface area contributed by atoms with Crippen molar-refractivity contribution in [2.75, 3.05) is 0 Å². The van der Waals surface area contributed by atoms with Crippen LogP contribution in [0.3, 0.4) is 0 Å². The van der Waals surface area contributed by atoms with Crippen LogP contribution in [0, 0.1) is 0 Å². The zero-order valence-corrected chi connectivity index (χ0v) is 18.8. The highest BCUT2D eigenvalue weighted by molar-refractivity contribution is 7.91. The zero-order chi connectivity index (χ0) is 24.0. The molecule has 0 bridgehead atoms. The molecule has 0 saturated heterocycles. The van der Waals surface area contributed by atoms with Crippen molar-refractivity contribution in [3.05, 3.63) is 60.3 Å². The van der Waals surface area contributed by atoms with E-state index in [1.165, 1.54) is 24.3 Å². The second-order valence-corrected chi connectivity index (χ2v) is 11.4. The Morgan fingerprint density at radius 1 is 0.909 bits per heavy atom. The summed E-state index contributed by atoms with van der Waals surface area (Å²) < 4.78 is 97.2. The minimum atomic E-state index is -4.92. The van der Waals surface area contributed by atoms with Crippen LogP contribution in [0.2, 0.25) is 0 Å². The van der Waals surface area contributed by atoms with Crippen molar-refractivity contribution < 1.29 is 35.1 Å². The monoisotopic (exact) mass is 502 g/mol. The van der Waals surface area contributed by atoms with Gasteiger partial charge in [0.25, 0.3) is 10.0 Å². The Morgan fingerprint density at radius 2 is 1.55 bits per heavy atom. The third-order valence-electron chi connectivity index (χ3n) is 5.67. The number of aromatic nitrogens is 1. The molecule has 2 N–H and O–H groups in total. The van der Waals surface area contributed by atoms with Gasteiger partial charge in [0.2, 0.25) is 10.0 Å². The van der Waals surface area contributed by atoms with Crippen LogP contribution < -0.4 is 4.72 Å². The molecule has 33 heavy (non-hydrogen) atoms. The standard InChI is InChI=1S/C21H21F3N2O5S2/c22-21(23,24)17-7-4-8-18-20(17)19(32(28,29)25-14-9-11-15(27)12-10-14)13-26(18)33(30,31)16-5-2-1-3-6-16/h1-8,13-15,25,27H,9-12H2/t14-,15-. The van der Waals surface area contributed by atoms with E-state index < -0.39 is 59.7 Å². The number of benzene rings is 2. The molecule has 1 saturated carbocycles. The topological polar surface area (TPSA) is 105 Å². The van der Waals surface area contributed by atoms with E-state index in [9.17, 15) is 35.1 Å². The molecule has 1 heterocycles. The van der Waals surface area contributed by atoms with Crippen molar-refractivity contribution in [2.45, 2.75) is 53.8 Å². The summed E-state index contributed by atoms with van der Waals surface area (Å²) in [5.41, 5.74) is -1.64. The number of aliphatic hydroxyl groups excluding tert-OH is 1. The first-order valence-corrected chi connectivity index (χ1v) is 13.1. The molecule has 7 nitrogen and oxygen atoms in total. The van der Waals surface area contributed by atoms with Gasteiger partial charge < -0.3 is 5.11 Å². The van der Waals surface area contributed by atoms with Gasteiger partial charge in [-0.1, -0.05) is 24.3 Å². The van der Waals surface area contributed by atoms with Gasteiger partial charge in [-0.15, -0.1) is 0 Å². The first-order chi connectivity index (χ1) is 15.4. The molecule has 1 aliphatic carbocycles. The molecular weight excluding hydrogens is 481 g/mol. The SMILES string of the molecule is O=S(=O)(N[C@H]1CC[C@H](O)CC1)c1cn(S(=O)(=O)c2ccccc2)c2cccc(C(F)(F)F)c12. The fraction of sp³-hybridized carbons (Fsp3) is 0.333. The number of rotatable bonds is 5. The molecule has 0 spiro atoms. The molecule has 2 aromatic carbocycles. The molecule has 1 aliphatic rings. The second kappa shape index (κ2) is 8.42. The Labute approximate surface area is 189 Å². The van der Waals surface area contributed by atoms with Crippen molar-refractivity contribution in [3.8, 4) is 0 Å². The Morgan fingerprint density at radius 3 is 2.15 bits per heavy atom. The number of sulfonamides is 1. The number of hydrogen-bond acceptors (Lipinski definition) is 5. The lowest BCUT2D eigenvalue weighted by Gasteiger charge is -2.25. The van der Waals surface area contributed by atoms with E-state index in [2.05, 4.69) is 4.72 Å². The van der Waals surface area contributed by atoms with Gasteiger partial charge in [0.05, 0.1) is 22.1 Å². The fourth-order valence-electron chi connectivity index (χ4n) is 4.04. The summed E-state index contributed by atoms with van der Waals surface area (Å²) in [6.07, 6.45) is -3.42. The average molecular weight is 503 g/mol. The molecule has 1 aromatic heterocycles. The fourth-order valence-corrected chi connectivity index (χ4v) is 7.02. The summed E-state index contributed by atoms with van der Waals surface area (Å²) in [5.74, 6) is 0. The summed E-state index contributed by atoms with van der Waals surface area (Å²) in [4.78, 5) is -0.964. The lowest BCUT2D eigenvalue weighted by molar-refractivity contribution is -0.136. The van der Waals surface area contributed by atoms with E-state index in [4.69, 9.17) is 0 Å². The summed E-state index contributed by atoms with van der Waals surface area (Å²) in [7, 11) is -8.91. The summed E-state index contributed by atoms with van der Waals surface area (Å²) >= 11 is 0. The highest BCUT2D eigenvalue weighted by Gasteiger charge is 2.38. The highest BCUT2D eigenvalue weighted by Crippen LogP contribution is 2.40. The van der Waals surface area contributed by atoms with Gasteiger partial charge in [0.15, 0.2) is 0 Å². The Balaban J connectivity index is 1.93. The summed E-state index contributed by atoms with van der Waals surface area (Å²) in [6.45, 7) is 0. The zero-order valence-electron chi connectivity index (χ0n) is 17.2. The van der Waals surface area contributed by atoms with Crippen molar-refractivity contribution in [2.24, 2.45) is 0 Å². The van der Waals surface area contributed by atoms with Gasteiger partial charge in [0, 0.05) is 17.6 Å². The van der Waals surface area contributed by atoms with Crippen molar-refractivity contribution in [1.82, 2.24) is 8.69 Å². The van der Waals surface area contributed by atoms with Gasteiger partial charge in [0.1, 0.15) is 4.90 Å². The molecule has 0 radical (unpaired) electrons. The number of fused-ring (bicyclic) bond motifs is 1. The highest BCUT2D eigenvalue weighted by atomic mass is 32.2. The van der Waals surface area contributed by atoms with Crippen molar-refractivity contribution in [1.29, 1.82) is 0 Å². The molecule has 12 heteroatoms. The third kappa shape index (κ3) is 4.52.